The first-order valence-corrected chi connectivity index (χ1v) is 30.8. The van der Waals surface area contributed by atoms with Gasteiger partial charge in [0.25, 0.3) is 0 Å². The molecule has 8 aromatic carbocycles. The maximum absolute atomic E-state index is 14.7. The number of methoxy groups -OCH3 is 1. The zero-order valence-corrected chi connectivity index (χ0v) is 50.6. The molecule has 0 amide bonds. The summed E-state index contributed by atoms with van der Waals surface area (Å²) in [4.78, 5) is 43.3. The van der Waals surface area contributed by atoms with Gasteiger partial charge in [0.2, 0.25) is 0 Å². The van der Waals surface area contributed by atoms with Crippen molar-refractivity contribution in [2.75, 3.05) is 26.9 Å². The van der Waals surface area contributed by atoms with Crippen molar-refractivity contribution in [1.29, 1.82) is 0 Å². The van der Waals surface area contributed by atoms with Crippen LogP contribution in [0, 0.1) is 0 Å². The lowest BCUT2D eigenvalue weighted by Gasteiger charge is -2.52. The SMILES string of the molecule is CO[C@H]1O[C@H](COCc2ccccc2)[C@@H](O[C@@H]2O[C@@H]3CO[C@@H](c4ccccc4)O[C@H]3[C@H](OCc3ccccc3)[C@@H]2O[C@@H]2OC[C@@H](OC(=O)c3ccccc3)[C@H](OC(=O)c3ccccc3)[C@H]2OC(=O)c2ccccc2)[C@H](OCc2ccccc2)[C@H]1OCc1ccccc1. The highest BCUT2D eigenvalue weighted by Gasteiger charge is 2.58. The van der Waals surface area contributed by atoms with E-state index in [-0.39, 0.29) is 56.3 Å². The normalized spacial score (nSPS) is 27.0. The first-order chi connectivity index (χ1) is 45.3. The number of carbonyl (C=O) groups is 3. The van der Waals surface area contributed by atoms with Crippen molar-refractivity contribution < 1.29 is 85.4 Å². The van der Waals surface area contributed by atoms with Gasteiger partial charge in [0.05, 0.1) is 62.9 Å². The molecular formula is C74H72O18. The van der Waals surface area contributed by atoms with Gasteiger partial charge in [-0.3, -0.25) is 0 Å². The summed E-state index contributed by atoms with van der Waals surface area (Å²) in [5, 5.41) is 0. The van der Waals surface area contributed by atoms with Gasteiger partial charge in [-0.25, -0.2) is 14.4 Å². The minimum absolute atomic E-state index is 0.00149. The second-order valence-electron chi connectivity index (χ2n) is 22.5. The van der Waals surface area contributed by atoms with E-state index in [4.69, 9.17) is 71.1 Å². The summed E-state index contributed by atoms with van der Waals surface area (Å²) in [6.07, 6.45) is -18.1. The highest BCUT2D eigenvalue weighted by atomic mass is 16.8. The van der Waals surface area contributed by atoms with Gasteiger partial charge in [0, 0.05) is 12.7 Å². The maximum Gasteiger partial charge on any atom is 0.338 e. The molecule has 0 unspecified atom stereocenters. The average molecular weight is 1250 g/mol. The fourth-order valence-electron chi connectivity index (χ4n) is 11.5. The third-order valence-corrected chi connectivity index (χ3v) is 16.2. The van der Waals surface area contributed by atoms with E-state index < -0.39 is 117 Å². The van der Waals surface area contributed by atoms with E-state index in [1.54, 1.807) is 98.1 Å². The van der Waals surface area contributed by atoms with E-state index in [0.717, 1.165) is 27.8 Å². The number of rotatable bonds is 25. The number of hydrogen-bond acceptors (Lipinski definition) is 18. The lowest BCUT2D eigenvalue weighted by molar-refractivity contribution is -0.410. The minimum atomic E-state index is -1.68. The molecule has 4 fully saturated rings. The van der Waals surface area contributed by atoms with Crippen LogP contribution in [0.3, 0.4) is 0 Å². The van der Waals surface area contributed by atoms with Gasteiger partial charge < -0.3 is 71.1 Å². The number of ether oxygens (including phenoxy) is 15. The number of hydrogen-bond donors (Lipinski definition) is 0. The molecule has 0 bridgehead atoms. The molecule has 0 spiro atoms. The Morgan fingerprint density at radius 1 is 0.380 bits per heavy atom. The summed E-state index contributed by atoms with van der Waals surface area (Å²) < 4.78 is 102. The van der Waals surface area contributed by atoms with Crippen LogP contribution in [0.5, 0.6) is 0 Å². The Morgan fingerprint density at radius 2 is 0.815 bits per heavy atom. The Bertz CT molecular complexity index is 3530. The maximum atomic E-state index is 14.7. The van der Waals surface area contributed by atoms with Crippen LogP contribution in [0.15, 0.2) is 243 Å². The van der Waals surface area contributed by atoms with Crippen molar-refractivity contribution in [3.05, 3.63) is 287 Å². The third kappa shape index (κ3) is 16.3. The van der Waals surface area contributed by atoms with Gasteiger partial charge in [-0.05, 0) is 58.7 Å². The minimum Gasteiger partial charge on any atom is -0.452 e. The van der Waals surface area contributed by atoms with E-state index in [2.05, 4.69) is 0 Å². The zero-order valence-electron chi connectivity index (χ0n) is 50.6. The lowest BCUT2D eigenvalue weighted by Crippen LogP contribution is -2.68. The van der Waals surface area contributed by atoms with E-state index in [9.17, 15) is 14.4 Å². The monoisotopic (exact) mass is 1250 g/mol. The average Bonchev–Trinajstić information content (AvgIpc) is 0.828. The van der Waals surface area contributed by atoms with Crippen LogP contribution in [-0.2, 0) is 97.5 Å². The number of esters is 3. The van der Waals surface area contributed by atoms with Crippen LogP contribution >= 0.6 is 0 Å². The Hall–Kier alpha value is -8.31. The van der Waals surface area contributed by atoms with E-state index >= 15 is 0 Å². The molecule has 12 rings (SSSR count). The van der Waals surface area contributed by atoms with Gasteiger partial charge in [0.15, 0.2) is 43.5 Å². The van der Waals surface area contributed by atoms with Crippen molar-refractivity contribution in [2.24, 2.45) is 0 Å². The summed E-state index contributed by atoms with van der Waals surface area (Å²) in [5.74, 6) is -2.40. The second kappa shape index (κ2) is 31.8. The molecule has 4 aliphatic rings. The van der Waals surface area contributed by atoms with E-state index in [1.165, 1.54) is 0 Å². The van der Waals surface area contributed by atoms with Crippen molar-refractivity contribution in [3.8, 4) is 0 Å². The highest BCUT2D eigenvalue weighted by Crippen LogP contribution is 2.41. The zero-order chi connectivity index (χ0) is 62.9. The van der Waals surface area contributed by atoms with Crippen LogP contribution < -0.4 is 0 Å². The van der Waals surface area contributed by atoms with Crippen LogP contribution in [0.25, 0.3) is 0 Å². The van der Waals surface area contributed by atoms with Crippen LogP contribution in [0.2, 0.25) is 0 Å². The summed E-state index contributed by atoms with van der Waals surface area (Å²) in [6.45, 7) is 0.0285. The fourth-order valence-corrected chi connectivity index (χ4v) is 11.5. The number of benzene rings is 8. The summed E-state index contributed by atoms with van der Waals surface area (Å²) in [5.41, 5.74) is 4.74. The molecule has 0 saturated carbocycles. The molecule has 0 aliphatic carbocycles. The summed E-state index contributed by atoms with van der Waals surface area (Å²) >= 11 is 0. The predicted molar refractivity (Wildman–Crippen MR) is 332 cm³/mol. The van der Waals surface area contributed by atoms with Crippen LogP contribution in [0.4, 0.5) is 0 Å². The Kier molecular flexibility index (Phi) is 22.1. The van der Waals surface area contributed by atoms with Gasteiger partial charge in [0.1, 0.15) is 48.8 Å². The molecule has 476 valence electrons. The first kappa shape index (κ1) is 63.8. The standard InChI is InChI=1S/C74H72O18/c1-78-72-65(82-45-52-32-16-5-17-33-52)63(80-43-50-28-12-3-13-29-50)60(57(86-72)46-79-42-49-26-10-2-11-27-49)91-74-67(64(81-44-51-30-14-4-15-31-51)61-59(87-74)48-83-71(90-61)56-40-24-9-25-41-56)92-73-66(89-70(77)55-38-22-8-23-39-55)62(88-69(76)54-36-20-7-21-37-54)58(47-84-73)85-68(75)53-34-18-6-19-35-53/h2-41,57-67,71-74H,42-48H2,1H3/t57-,58-,59-,60-,61-,62+,63+,64+,65-,66-,67+,71-,72+,73+,74+/m1/s1. The second-order valence-corrected chi connectivity index (χ2v) is 22.5. The van der Waals surface area contributed by atoms with Crippen molar-refractivity contribution in [3.63, 3.8) is 0 Å². The predicted octanol–water partition coefficient (Wildman–Crippen LogP) is 11.0. The van der Waals surface area contributed by atoms with Crippen molar-refractivity contribution >= 4 is 17.9 Å². The van der Waals surface area contributed by atoms with Gasteiger partial charge in [-0.1, -0.05) is 206 Å². The quantitative estimate of drug-likeness (QED) is 0.0387. The summed E-state index contributed by atoms with van der Waals surface area (Å²) in [7, 11) is 1.54. The summed E-state index contributed by atoms with van der Waals surface area (Å²) in [6, 6.07) is 73.1. The Labute approximate surface area is 533 Å². The molecule has 18 nitrogen and oxygen atoms in total. The highest BCUT2D eigenvalue weighted by molar-refractivity contribution is 5.91. The lowest BCUT2D eigenvalue weighted by atomic mass is 9.95. The molecule has 8 aromatic rings. The molecule has 0 radical (unpaired) electrons. The molecule has 15 atom stereocenters. The van der Waals surface area contributed by atoms with Crippen LogP contribution in [-0.4, -0.2) is 131 Å². The molecular weight excluding hydrogens is 1180 g/mol. The molecule has 0 aromatic heterocycles. The topological polar surface area (TPSA) is 190 Å². The molecule has 18 heteroatoms. The smallest absolute Gasteiger partial charge is 0.338 e. The van der Waals surface area contributed by atoms with Gasteiger partial charge in [-0.15, -0.1) is 0 Å². The van der Waals surface area contributed by atoms with Gasteiger partial charge in [-0.2, -0.15) is 0 Å². The Balaban J connectivity index is 0.973. The molecule has 4 saturated heterocycles. The van der Waals surface area contributed by atoms with Gasteiger partial charge >= 0.3 is 17.9 Å². The van der Waals surface area contributed by atoms with E-state index in [0.29, 0.717) is 0 Å². The van der Waals surface area contributed by atoms with Crippen molar-refractivity contribution in [2.45, 2.75) is 119 Å². The molecule has 4 aliphatic heterocycles. The Morgan fingerprint density at radius 3 is 1.33 bits per heavy atom. The van der Waals surface area contributed by atoms with E-state index in [1.807, 2.05) is 152 Å². The van der Waals surface area contributed by atoms with Crippen LogP contribution in [0.1, 0.15) is 65.2 Å². The molecule has 0 N–H and O–H groups in total. The first-order valence-electron chi connectivity index (χ1n) is 30.8. The number of fused-ring (bicyclic) bond motifs is 1. The van der Waals surface area contributed by atoms with Crippen molar-refractivity contribution in [1.82, 2.24) is 0 Å². The molecule has 92 heavy (non-hydrogen) atoms. The molecule has 4 heterocycles. The number of carbonyl (C=O) groups excluding carboxylic acids is 3. The fraction of sp³-hybridized carbons (Fsp3) is 0.311. The largest absolute Gasteiger partial charge is 0.452 e. The third-order valence-electron chi connectivity index (χ3n) is 16.2.